The molecular formula is C21H24N2O5. The maximum absolute atomic E-state index is 12.6. The molecule has 0 spiro atoms. The van der Waals surface area contributed by atoms with Crippen LogP contribution in [0.5, 0.6) is 0 Å². The van der Waals surface area contributed by atoms with E-state index < -0.39 is 25.0 Å². The molecule has 28 heavy (non-hydrogen) atoms. The first-order chi connectivity index (χ1) is 13.3. The Balaban J connectivity index is 1.29. The van der Waals surface area contributed by atoms with Crippen molar-refractivity contribution >= 4 is 29.4 Å². The van der Waals surface area contributed by atoms with E-state index in [0.717, 1.165) is 35.3 Å². The first-order valence-electron chi connectivity index (χ1n) is 9.73. The molecule has 7 nitrogen and oxygen atoms in total. The first-order valence-corrected chi connectivity index (χ1v) is 9.73. The smallest absolute Gasteiger partial charge is 0.326 e. The highest BCUT2D eigenvalue weighted by molar-refractivity contribution is 6.08. The lowest BCUT2D eigenvalue weighted by atomic mass is 9.81. The average Bonchev–Trinajstić information content (AvgIpc) is 3.32. The highest BCUT2D eigenvalue weighted by Crippen LogP contribution is 2.56. The molecule has 4 rings (SSSR count). The molecule has 1 saturated heterocycles. The summed E-state index contributed by atoms with van der Waals surface area (Å²) < 4.78 is 4.99. The van der Waals surface area contributed by atoms with E-state index in [9.17, 15) is 19.2 Å². The van der Waals surface area contributed by atoms with Crippen LogP contribution in [0, 0.1) is 37.5 Å². The normalized spacial score (nSPS) is 27.9. The first kappa shape index (κ1) is 18.7. The number of nitrogens with zero attached hydrogens (tertiary/aromatic N) is 1. The Morgan fingerprint density at radius 2 is 1.75 bits per heavy atom. The van der Waals surface area contributed by atoms with E-state index in [1.807, 2.05) is 26.0 Å². The van der Waals surface area contributed by atoms with Gasteiger partial charge in [0.15, 0.2) is 6.61 Å². The molecule has 2 saturated carbocycles. The van der Waals surface area contributed by atoms with Crippen molar-refractivity contribution < 1.29 is 23.9 Å². The zero-order valence-corrected chi connectivity index (χ0v) is 16.1. The molecule has 0 aromatic heterocycles. The Morgan fingerprint density at radius 1 is 1.11 bits per heavy atom. The van der Waals surface area contributed by atoms with Crippen molar-refractivity contribution in [2.75, 3.05) is 18.5 Å². The fourth-order valence-corrected chi connectivity index (χ4v) is 5.09. The molecule has 7 heteroatoms. The number of ether oxygens (including phenoxy) is 1. The van der Waals surface area contributed by atoms with Crippen molar-refractivity contribution in [1.29, 1.82) is 0 Å². The zero-order chi connectivity index (χ0) is 20.0. The minimum absolute atomic E-state index is 0.251. The summed E-state index contributed by atoms with van der Waals surface area (Å²) in [6, 6.07) is 5.61. The Labute approximate surface area is 163 Å². The second kappa shape index (κ2) is 7.04. The van der Waals surface area contributed by atoms with E-state index in [0.29, 0.717) is 5.69 Å². The summed E-state index contributed by atoms with van der Waals surface area (Å²) in [5.74, 6) is -1.68. The molecule has 1 heterocycles. The molecule has 3 amide bonds. The predicted molar refractivity (Wildman–Crippen MR) is 100 cm³/mol. The number of aryl methyl sites for hydroxylation is 2. The fourth-order valence-electron chi connectivity index (χ4n) is 5.09. The molecule has 1 aliphatic heterocycles. The molecule has 0 radical (unpaired) electrons. The van der Waals surface area contributed by atoms with E-state index in [2.05, 4.69) is 5.32 Å². The monoisotopic (exact) mass is 384 g/mol. The maximum Gasteiger partial charge on any atom is 0.326 e. The lowest BCUT2D eigenvalue weighted by Crippen LogP contribution is -2.38. The zero-order valence-electron chi connectivity index (χ0n) is 16.1. The summed E-state index contributed by atoms with van der Waals surface area (Å²) in [6.45, 7) is 2.96. The number of amides is 3. The van der Waals surface area contributed by atoms with Crippen molar-refractivity contribution in [3.63, 3.8) is 0 Å². The lowest BCUT2D eigenvalue weighted by molar-refractivity contribution is -0.154. The molecule has 2 bridgehead atoms. The van der Waals surface area contributed by atoms with Crippen molar-refractivity contribution in [3.05, 3.63) is 29.3 Å². The quantitative estimate of drug-likeness (QED) is 0.617. The Morgan fingerprint density at radius 3 is 2.36 bits per heavy atom. The Kier molecular flexibility index (Phi) is 4.69. The molecule has 0 unspecified atom stereocenters. The summed E-state index contributed by atoms with van der Waals surface area (Å²) in [5.41, 5.74) is 2.65. The molecule has 148 valence electrons. The Bertz CT molecular complexity index is 836. The number of carbonyl (C=O) groups is 4. The largest absolute Gasteiger partial charge is 0.454 e. The summed E-state index contributed by atoms with van der Waals surface area (Å²) in [6.07, 6.45) is 2.92. The second-order valence-corrected chi connectivity index (χ2v) is 8.17. The van der Waals surface area contributed by atoms with E-state index in [-0.39, 0.29) is 35.5 Å². The lowest BCUT2D eigenvalue weighted by Gasteiger charge is -2.19. The molecular weight excluding hydrogens is 360 g/mol. The van der Waals surface area contributed by atoms with Gasteiger partial charge in [-0.2, -0.15) is 0 Å². The van der Waals surface area contributed by atoms with Gasteiger partial charge in [0.1, 0.15) is 6.54 Å². The number of carbonyl (C=O) groups excluding carboxylic acids is 4. The molecule has 1 aromatic rings. The van der Waals surface area contributed by atoms with Gasteiger partial charge < -0.3 is 10.1 Å². The molecule has 2 aliphatic carbocycles. The minimum atomic E-state index is -0.746. The molecule has 1 aromatic carbocycles. The van der Waals surface area contributed by atoms with Crippen LogP contribution in [0.4, 0.5) is 5.69 Å². The van der Waals surface area contributed by atoms with Crippen molar-refractivity contribution in [2.45, 2.75) is 33.1 Å². The Hall–Kier alpha value is -2.70. The van der Waals surface area contributed by atoms with Gasteiger partial charge in [0.2, 0.25) is 11.8 Å². The van der Waals surface area contributed by atoms with Gasteiger partial charge in [-0.25, -0.2) is 0 Å². The van der Waals surface area contributed by atoms with E-state index in [1.54, 1.807) is 6.07 Å². The minimum Gasteiger partial charge on any atom is -0.454 e. The number of esters is 1. The summed E-state index contributed by atoms with van der Waals surface area (Å²) in [7, 11) is 0. The number of imide groups is 1. The van der Waals surface area contributed by atoms with Crippen LogP contribution in [0.1, 0.15) is 30.4 Å². The van der Waals surface area contributed by atoms with E-state index in [1.165, 1.54) is 0 Å². The van der Waals surface area contributed by atoms with Gasteiger partial charge >= 0.3 is 5.97 Å². The number of rotatable bonds is 5. The third-order valence-corrected chi connectivity index (χ3v) is 6.33. The van der Waals surface area contributed by atoms with Crippen LogP contribution in [0.15, 0.2) is 18.2 Å². The molecule has 3 fully saturated rings. The van der Waals surface area contributed by atoms with Gasteiger partial charge in [-0.15, -0.1) is 0 Å². The SMILES string of the molecule is Cc1ccc(NC(=O)COC(=O)CN2C(=O)[C@@H]3[C@H]4CC[C@@H](C4)[C@@H]3C2=O)c(C)c1. The third-order valence-electron chi connectivity index (χ3n) is 6.33. The van der Waals surface area contributed by atoms with Crippen molar-refractivity contribution in [2.24, 2.45) is 23.7 Å². The molecule has 4 atom stereocenters. The molecule has 1 N–H and O–H groups in total. The average molecular weight is 384 g/mol. The number of benzene rings is 1. The highest BCUT2D eigenvalue weighted by Gasteiger charge is 2.61. The summed E-state index contributed by atoms with van der Waals surface area (Å²) >= 11 is 0. The van der Waals surface area contributed by atoms with E-state index >= 15 is 0 Å². The van der Waals surface area contributed by atoms with Crippen LogP contribution >= 0.6 is 0 Å². The number of fused-ring (bicyclic) bond motifs is 5. The van der Waals surface area contributed by atoms with E-state index in [4.69, 9.17) is 4.74 Å². The second-order valence-electron chi connectivity index (χ2n) is 8.17. The van der Waals surface area contributed by atoms with Gasteiger partial charge in [0, 0.05) is 5.69 Å². The topological polar surface area (TPSA) is 92.8 Å². The maximum atomic E-state index is 12.6. The van der Waals surface area contributed by atoms with Crippen LogP contribution in [0.25, 0.3) is 0 Å². The van der Waals surface area contributed by atoms with Crippen molar-refractivity contribution in [3.8, 4) is 0 Å². The number of hydrogen-bond acceptors (Lipinski definition) is 5. The van der Waals surface area contributed by atoms with Crippen LogP contribution in [-0.2, 0) is 23.9 Å². The number of likely N-dealkylation sites (tertiary alicyclic amines) is 1. The fraction of sp³-hybridized carbons (Fsp3) is 0.524. The number of nitrogens with one attached hydrogen (secondary N) is 1. The van der Waals surface area contributed by atoms with Gasteiger partial charge in [0.05, 0.1) is 11.8 Å². The number of hydrogen-bond donors (Lipinski definition) is 1. The van der Waals surface area contributed by atoms with Gasteiger partial charge in [-0.3, -0.25) is 24.1 Å². The predicted octanol–water partition coefficient (Wildman–Crippen LogP) is 1.82. The standard InChI is InChI=1S/C21H24N2O5/c1-11-3-6-15(12(2)7-11)22-16(24)10-28-17(25)9-23-20(26)18-13-4-5-14(8-13)19(18)21(23)27/h3,6-7,13-14,18-19H,4-5,8-10H2,1-2H3,(H,22,24)/t13-,14-,18-,19+/m0/s1. The molecule has 3 aliphatic rings. The third kappa shape index (κ3) is 3.19. The number of anilines is 1. The van der Waals surface area contributed by atoms with Crippen LogP contribution in [0.2, 0.25) is 0 Å². The summed E-state index contributed by atoms with van der Waals surface area (Å²) in [5, 5.41) is 2.69. The van der Waals surface area contributed by atoms with Crippen LogP contribution < -0.4 is 5.32 Å². The van der Waals surface area contributed by atoms with Gasteiger partial charge in [-0.1, -0.05) is 17.7 Å². The van der Waals surface area contributed by atoms with Gasteiger partial charge in [0.25, 0.3) is 5.91 Å². The summed E-state index contributed by atoms with van der Waals surface area (Å²) in [4.78, 5) is 50.3. The highest BCUT2D eigenvalue weighted by atomic mass is 16.5. The van der Waals surface area contributed by atoms with Crippen LogP contribution in [0.3, 0.4) is 0 Å². The van der Waals surface area contributed by atoms with Crippen LogP contribution in [-0.4, -0.2) is 41.7 Å². The van der Waals surface area contributed by atoms with Gasteiger partial charge in [-0.05, 0) is 56.6 Å². The van der Waals surface area contributed by atoms with Crippen molar-refractivity contribution in [1.82, 2.24) is 4.90 Å².